The normalized spacial score (nSPS) is 14.0. The van der Waals surface area contributed by atoms with Crippen LogP contribution in [-0.4, -0.2) is 80.2 Å². The SMILES string of the molecule is CC(C)CC(N)C(=O)NC(CC(=O)O)C(=O)NC(CCC(=O)O)C(=O)NC(Cc1ccc(O)cc1)C(=O)O. The molecule has 0 heterocycles. The van der Waals surface area contributed by atoms with Gasteiger partial charge in [-0.05, 0) is 36.5 Å². The number of phenolic OH excluding ortho intramolecular Hbond substituents is 1. The van der Waals surface area contributed by atoms with Crippen LogP contribution in [0.1, 0.15) is 45.1 Å². The average molecular weight is 539 g/mol. The molecule has 1 rings (SSSR count). The zero-order valence-corrected chi connectivity index (χ0v) is 21.0. The van der Waals surface area contributed by atoms with Crippen LogP contribution < -0.4 is 21.7 Å². The smallest absolute Gasteiger partial charge is 0.326 e. The molecule has 38 heavy (non-hydrogen) atoms. The maximum Gasteiger partial charge on any atom is 0.326 e. The van der Waals surface area contributed by atoms with Crippen molar-refractivity contribution in [2.75, 3.05) is 0 Å². The lowest BCUT2D eigenvalue weighted by Gasteiger charge is -2.24. The number of benzene rings is 1. The molecule has 0 saturated carbocycles. The average Bonchev–Trinajstić information content (AvgIpc) is 2.80. The first-order valence-corrected chi connectivity index (χ1v) is 11.8. The number of aliphatic carboxylic acids is 3. The van der Waals surface area contributed by atoms with Crippen LogP contribution in [0.25, 0.3) is 0 Å². The molecule has 14 heteroatoms. The second-order valence-electron chi connectivity index (χ2n) is 9.16. The minimum atomic E-state index is -1.63. The van der Waals surface area contributed by atoms with Crippen LogP contribution in [0.4, 0.5) is 0 Å². The van der Waals surface area contributed by atoms with Crippen LogP contribution in [0.3, 0.4) is 0 Å². The Kier molecular flexibility index (Phi) is 12.7. The molecule has 0 bridgehead atoms. The van der Waals surface area contributed by atoms with Crippen molar-refractivity contribution in [2.24, 2.45) is 11.7 Å². The third kappa shape index (κ3) is 11.7. The Labute approximate surface area is 218 Å². The zero-order chi connectivity index (χ0) is 29.0. The molecular weight excluding hydrogens is 504 g/mol. The molecule has 0 aliphatic heterocycles. The minimum absolute atomic E-state index is 0.0374. The van der Waals surface area contributed by atoms with Crippen LogP contribution in [0.2, 0.25) is 0 Å². The van der Waals surface area contributed by atoms with Gasteiger partial charge in [-0.3, -0.25) is 24.0 Å². The summed E-state index contributed by atoms with van der Waals surface area (Å²) in [4.78, 5) is 72.3. The first kappa shape index (κ1) is 31.8. The molecule has 4 atom stereocenters. The fraction of sp³-hybridized carbons (Fsp3) is 0.500. The van der Waals surface area contributed by atoms with Crippen molar-refractivity contribution in [3.63, 3.8) is 0 Å². The Morgan fingerprint density at radius 1 is 0.789 bits per heavy atom. The predicted molar refractivity (Wildman–Crippen MR) is 132 cm³/mol. The van der Waals surface area contributed by atoms with E-state index in [0.29, 0.717) is 5.56 Å². The highest BCUT2D eigenvalue weighted by Gasteiger charge is 2.32. The number of rotatable bonds is 16. The van der Waals surface area contributed by atoms with Crippen LogP contribution >= 0.6 is 0 Å². The van der Waals surface area contributed by atoms with Crippen molar-refractivity contribution in [1.82, 2.24) is 16.0 Å². The number of carbonyl (C=O) groups is 6. The lowest BCUT2D eigenvalue weighted by Crippen LogP contribution is -2.57. The molecule has 0 aliphatic rings. The minimum Gasteiger partial charge on any atom is -0.508 e. The molecule has 14 nitrogen and oxygen atoms in total. The summed E-state index contributed by atoms with van der Waals surface area (Å²) in [6, 6.07) is -0.134. The van der Waals surface area contributed by atoms with Gasteiger partial charge in [-0.1, -0.05) is 26.0 Å². The molecule has 1 aromatic carbocycles. The largest absolute Gasteiger partial charge is 0.508 e. The molecule has 0 radical (unpaired) electrons. The molecule has 3 amide bonds. The predicted octanol–water partition coefficient (Wildman–Crippen LogP) is -0.813. The van der Waals surface area contributed by atoms with Crippen molar-refractivity contribution in [2.45, 2.75) is 70.1 Å². The number of nitrogens with one attached hydrogen (secondary N) is 3. The van der Waals surface area contributed by atoms with Gasteiger partial charge in [0.1, 0.15) is 23.9 Å². The molecule has 0 saturated heterocycles. The highest BCUT2D eigenvalue weighted by molar-refractivity contribution is 5.95. The van der Waals surface area contributed by atoms with Crippen LogP contribution in [0, 0.1) is 5.92 Å². The number of carboxylic acid groups (broad SMARTS) is 3. The molecule has 1 aromatic rings. The van der Waals surface area contributed by atoms with Gasteiger partial charge in [0.05, 0.1) is 12.5 Å². The van der Waals surface area contributed by atoms with Gasteiger partial charge in [-0.2, -0.15) is 0 Å². The van der Waals surface area contributed by atoms with Gasteiger partial charge in [0.2, 0.25) is 17.7 Å². The second-order valence-corrected chi connectivity index (χ2v) is 9.16. The van der Waals surface area contributed by atoms with Crippen molar-refractivity contribution in [3.05, 3.63) is 29.8 Å². The summed E-state index contributed by atoms with van der Waals surface area (Å²) >= 11 is 0. The van der Waals surface area contributed by atoms with Gasteiger partial charge in [0, 0.05) is 12.8 Å². The van der Waals surface area contributed by atoms with E-state index in [1.54, 1.807) is 0 Å². The molecule has 4 unspecified atom stereocenters. The summed E-state index contributed by atoms with van der Waals surface area (Å²) in [5.41, 5.74) is 6.25. The van der Waals surface area contributed by atoms with Crippen LogP contribution in [-0.2, 0) is 35.2 Å². The Morgan fingerprint density at radius 2 is 1.32 bits per heavy atom. The van der Waals surface area contributed by atoms with E-state index in [1.165, 1.54) is 24.3 Å². The highest BCUT2D eigenvalue weighted by atomic mass is 16.4. The number of hydrogen-bond donors (Lipinski definition) is 8. The first-order chi connectivity index (χ1) is 17.7. The first-order valence-electron chi connectivity index (χ1n) is 11.8. The molecular formula is C24H34N4O10. The second kappa shape index (κ2) is 15.1. The number of phenols is 1. The quantitative estimate of drug-likeness (QED) is 0.129. The summed E-state index contributed by atoms with van der Waals surface area (Å²) in [6.07, 6.45) is -1.80. The van der Waals surface area contributed by atoms with E-state index in [1.807, 2.05) is 13.8 Å². The number of hydrogen-bond acceptors (Lipinski definition) is 8. The molecule has 0 aliphatic carbocycles. The topological polar surface area (TPSA) is 245 Å². The van der Waals surface area contributed by atoms with Gasteiger partial charge < -0.3 is 42.1 Å². The number of carbonyl (C=O) groups excluding carboxylic acids is 3. The summed E-state index contributed by atoms with van der Waals surface area (Å²) in [5, 5.41) is 43.9. The molecule has 210 valence electrons. The molecule has 0 aromatic heterocycles. The molecule has 0 fully saturated rings. The van der Waals surface area contributed by atoms with Crippen molar-refractivity contribution in [1.29, 1.82) is 0 Å². The fourth-order valence-corrected chi connectivity index (χ4v) is 3.43. The number of amides is 3. The lowest BCUT2D eigenvalue weighted by molar-refractivity contribution is -0.143. The number of nitrogens with two attached hydrogens (primary N) is 1. The van der Waals surface area contributed by atoms with E-state index in [4.69, 9.17) is 10.8 Å². The Morgan fingerprint density at radius 3 is 1.82 bits per heavy atom. The van der Waals surface area contributed by atoms with Gasteiger partial charge in [-0.15, -0.1) is 0 Å². The number of carboxylic acids is 3. The van der Waals surface area contributed by atoms with Crippen molar-refractivity contribution < 1.29 is 49.2 Å². The van der Waals surface area contributed by atoms with Crippen LogP contribution in [0.15, 0.2) is 24.3 Å². The zero-order valence-electron chi connectivity index (χ0n) is 21.0. The standard InChI is InChI=1S/C24H34N4O10/c1-12(2)9-15(25)21(34)27-17(11-20(32)33)23(36)26-16(7-8-19(30)31)22(35)28-18(24(37)38)10-13-3-5-14(29)6-4-13/h3-6,12,15-18,29H,7-11,25H2,1-2H3,(H,26,36)(H,27,34)(H,28,35)(H,30,31)(H,32,33)(H,37,38). The van der Waals surface area contributed by atoms with E-state index >= 15 is 0 Å². The monoisotopic (exact) mass is 538 g/mol. The van der Waals surface area contributed by atoms with E-state index in [0.717, 1.165) is 0 Å². The van der Waals surface area contributed by atoms with Gasteiger partial charge in [0.15, 0.2) is 0 Å². The fourth-order valence-electron chi connectivity index (χ4n) is 3.43. The van der Waals surface area contributed by atoms with Gasteiger partial charge in [-0.25, -0.2) is 4.79 Å². The Hall–Kier alpha value is -4.20. The van der Waals surface area contributed by atoms with E-state index < -0.39 is 79.1 Å². The summed E-state index contributed by atoms with van der Waals surface area (Å²) in [6.45, 7) is 3.62. The van der Waals surface area contributed by atoms with Crippen LogP contribution in [0.5, 0.6) is 5.75 Å². The van der Waals surface area contributed by atoms with E-state index in [9.17, 15) is 44.1 Å². The van der Waals surface area contributed by atoms with Crippen molar-refractivity contribution in [3.8, 4) is 5.75 Å². The Bertz CT molecular complexity index is 1010. The van der Waals surface area contributed by atoms with Gasteiger partial charge in [0.25, 0.3) is 0 Å². The molecule has 0 spiro atoms. The maximum atomic E-state index is 12.9. The van der Waals surface area contributed by atoms with Gasteiger partial charge >= 0.3 is 17.9 Å². The highest BCUT2D eigenvalue weighted by Crippen LogP contribution is 2.12. The lowest BCUT2D eigenvalue weighted by atomic mass is 10.0. The maximum absolute atomic E-state index is 12.9. The summed E-state index contributed by atoms with van der Waals surface area (Å²) in [5.74, 6) is -7.06. The third-order valence-corrected chi connectivity index (χ3v) is 5.34. The summed E-state index contributed by atoms with van der Waals surface area (Å²) in [7, 11) is 0. The van der Waals surface area contributed by atoms with E-state index in [-0.39, 0.29) is 24.5 Å². The summed E-state index contributed by atoms with van der Waals surface area (Å²) < 4.78 is 0. The third-order valence-electron chi connectivity index (χ3n) is 5.34. The van der Waals surface area contributed by atoms with Crippen molar-refractivity contribution >= 4 is 35.6 Å². The van der Waals surface area contributed by atoms with E-state index in [2.05, 4.69) is 16.0 Å². The number of aromatic hydroxyl groups is 1. The molecule has 9 N–H and O–H groups in total. The Balaban J connectivity index is 3.06.